The number of ether oxygens (including phenoxy) is 2. The number of fused-ring (bicyclic) bond motifs is 2. The van der Waals surface area contributed by atoms with Crippen LogP contribution in [0.3, 0.4) is 0 Å². The van der Waals surface area contributed by atoms with Gasteiger partial charge in [0.1, 0.15) is 6.10 Å². The quantitative estimate of drug-likeness (QED) is 0.528. The van der Waals surface area contributed by atoms with Gasteiger partial charge in [0, 0.05) is 20.6 Å². The maximum absolute atomic E-state index is 11.4. The first-order valence-corrected chi connectivity index (χ1v) is 8.20. The standard InChI is InChI=1S/C17H30O3/c1-11-12(2)15-9-14(11)10-16(15)17(20-13(3)18)7-5-6-8-19-4/h11-12,14-17H,5-10H2,1-4H3. The molecule has 0 spiro atoms. The maximum Gasteiger partial charge on any atom is 0.302 e. The summed E-state index contributed by atoms with van der Waals surface area (Å²) in [5, 5.41) is 0. The fourth-order valence-corrected chi connectivity index (χ4v) is 4.59. The number of unbranched alkanes of at least 4 members (excludes halogenated alkanes) is 1. The molecule has 2 rings (SSSR count). The number of hydrogen-bond acceptors (Lipinski definition) is 3. The van der Waals surface area contributed by atoms with Crippen LogP contribution in [0.4, 0.5) is 0 Å². The van der Waals surface area contributed by atoms with Gasteiger partial charge in [-0.3, -0.25) is 4.79 Å². The molecular formula is C17H30O3. The van der Waals surface area contributed by atoms with Crippen molar-refractivity contribution in [2.45, 2.75) is 59.0 Å². The lowest BCUT2D eigenvalue weighted by molar-refractivity contribution is -0.151. The molecule has 20 heavy (non-hydrogen) atoms. The zero-order valence-electron chi connectivity index (χ0n) is 13.4. The minimum Gasteiger partial charge on any atom is -0.462 e. The molecule has 0 heterocycles. The summed E-state index contributed by atoms with van der Waals surface area (Å²) in [6.45, 7) is 7.13. The normalized spacial score (nSPS) is 37.1. The average molecular weight is 282 g/mol. The molecule has 0 N–H and O–H groups in total. The van der Waals surface area contributed by atoms with Gasteiger partial charge < -0.3 is 9.47 Å². The number of hydrogen-bond donors (Lipinski definition) is 0. The van der Waals surface area contributed by atoms with Gasteiger partial charge in [-0.1, -0.05) is 13.8 Å². The Labute approximate surface area is 123 Å². The lowest BCUT2D eigenvalue weighted by Crippen LogP contribution is -2.35. The highest BCUT2D eigenvalue weighted by Gasteiger charge is 2.51. The van der Waals surface area contributed by atoms with E-state index in [9.17, 15) is 4.79 Å². The van der Waals surface area contributed by atoms with E-state index in [0.29, 0.717) is 5.92 Å². The van der Waals surface area contributed by atoms with Crippen LogP contribution in [0.5, 0.6) is 0 Å². The maximum atomic E-state index is 11.4. The Morgan fingerprint density at radius 1 is 1.20 bits per heavy atom. The summed E-state index contributed by atoms with van der Waals surface area (Å²) in [5.41, 5.74) is 0. The smallest absolute Gasteiger partial charge is 0.302 e. The van der Waals surface area contributed by atoms with E-state index < -0.39 is 0 Å². The molecule has 2 fully saturated rings. The highest BCUT2D eigenvalue weighted by atomic mass is 16.5. The number of carbonyl (C=O) groups is 1. The van der Waals surface area contributed by atoms with Crippen molar-refractivity contribution in [1.29, 1.82) is 0 Å². The van der Waals surface area contributed by atoms with Crippen LogP contribution in [0.25, 0.3) is 0 Å². The Morgan fingerprint density at radius 2 is 1.95 bits per heavy atom. The number of esters is 1. The van der Waals surface area contributed by atoms with Crippen LogP contribution in [-0.4, -0.2) is 25.8 Å². The highest BCUT2D eigenvalue weighted by molar-refractivity contribution is 5.66. The van der Waals surface area contributed by atoms with Crippen molar-refractivity contribution in [3.63, 3.8) is 0 Å². The Kier molecular flexibility index (Phi) is 5.48. The van der Waals surface area contributed by atoms with Gasteiger partial charge in [0.2, 0.25) is 0 Å². The summed E-state index contributed by atoms with van der Waals surface area (Å²) >= 11 is 0. The van der Waals surface area contributed by atoms with E-state index in [0.717, 1.165) is 49.5 Å². The van der Waals surface area contributed by atoms with E-state index in [2.05, 4.69) is 13.8 Å². The SMILES string of the molecule is COCCCCC(OC(C)=O)C1CC2CC1C(C)C2C. The summed E-state index contributed by atoms with van der Waals surface area (Å²) in [6.07, 6.45) is 5.89. The average Bonchev–Trinajstić information content (AvgIpc) is 2.94. The minimum absolute atomic E-state index is 0.120. The van der Waals surface area contributed by atoms with E-state index >= 15 is 0 Å². The molecule has 3 heteroatoms. The number of rotatable bonds is 7. The predicted molar refractivity (Wildman–Crippen MR) is 79.3 cm³/mol. The van der Waals surface area contributed by atoms with Gasteiger partial charge in [-0.15, -0.1) is 0 Å². The molecule has 6 unspecified atom stereocenters. The first kappa shape index (κ1) is 15.8. The molecule has 2 bridgehead atoms. The largest absolute Gasteiger partial charge is 0.462 e. The second-order valence-corrected chi connectivity index (χ2v) is 6.91. The molecule has 2 aliphatic carbocycles. The second-order valence-electron chi connectivity index (χ2n) is 6.91. The molecule has 0 radical (unpaired) electrons. The van der Waals surface area contributed by atoms with Gasteiger partial charge >= 0.3 is 5.97 Å². The third-order valence-corrected chi connectivity index (χ3v) is 5.83. The third kappa shape index (κ3) is 3.36. The number of methoxy groups -OCH3 is 1. The van der Waals surface area contributed by atoms with Crippen molar-refractivity contribution in [3.05, 3.63) is 0 Å². The fraction of sp³-hybridized carbons (Fsp3) is 0.941. The van der Waals surface area contributed by atoms with E-state index in [1.54, 1.807) is 14.0 Å². The third-order valence-electron chi connectivity index (χ3n) is 5.83. The van der Waals surface area contributed by atoms with Gasteiger partial charge in [-0.05, 0) is 61.7 Å². The molecule has 2 saturated carbocycles. The van der Waals surface area contributed by atoms with Crippen LogP contribution in [0.15, 0.2) is 0 Å². The van der Waals surface area contributed by atoms with E-state index in [-0.39, 0.29) is 12.1 Å². The van der Waals surface area contributed by atoms with Crippen molar-refractivity contribution >= 4 is 5.97 Å². The molecule has 6 atom stereocenters. The molecule has 0 aromatic heterocycles. The monoisotopic (exact) mass is 282 g/mol. The van der Waals surface area contributed by atoms with Gasteiger partial charge in [0.25, 0.3) is 0 Å². The summed E-state index contributed by atoms with van der Waals surface area (Å²) in [4.78, 5) is 11.4. The molecular weight excluding hydrogens is 252 g/mol. The van der Waals surface area contributed by atoms with E-state index in [1.807, 2.05) is 0 Å². The molecule has 116 valence electrons. The minimum atomic E-state index is -0.120. The van der Waals surface area contributed by atoms with Crippen LogP contribution >= 0.6 is 0 Å². The van der Waals surface area contributed by atoms with E-state index in [1.165, 1.54) is 12.8 Å². The zero-order chi connectivity index (χ0) is 14.7. The number of carbonyl (C=O) groups excluding carboxylic acids is 1. The first-order valence-electron chi connectivity index (χ1n) is 8.20. The van der Waals surface area contributed by atoms with Crippen molar-refractivity contribution in [1.82, 2.24) is 0 Å². The predicted octanol–water partition coefficient (Wildman–Crippen LogP) is 3.66. The van der Waals surface area contributed by atoms with Crippen LogP contribution in [0.1, 0.15) is 52.9 Å². The van der Waals surface area contributed by atoms with Crippen molar-refractivity contribution in [2.75, 3.05) is 13.7 Å². The molecule has 0 aromatic carbocycles. The first-order chi connectivity index (χ1) is 9.54. The molecule has 0 amide bonds. The molecule has 0 aromatic rings. The molecule has 0 saturated heterocycles. The summed E-state index contributed by atoms with van der Waals surface area (Å²) in [5.74, 6) is 3.74. The van der Waals surface area contributed by atoms with E-state index in [4.69, 9.17) is 9.47 Å². The van der Waals surface area contributed by atoms with Gasteiger partial charge in [0.05, 0.1) is 0 Å². The summed E-state index contributed by atoms with van der Waals surface area (Å²) in [6, 6.07) is 0. The lowest BCUT2D eigenvalue weighted by Gasteiger charge is -2.36. The van der Waals surface area contributed by atoms with Crippen LogP contribution < -0.4 is 0 Å². The fourth-order valence-electron chi connectivity index (χ4n) is 4.59. The van der Waals surface area contributed by atoms with Crippen LogP contribution in [0, 0.1) is 29.6 Å². The highest BCUT2D eigenvalue weighted by Crippen LogP contribution is 2.56. The van der Waals surface area contributed by atoms with Gasteiger partial charge in [0.15, 0.2) is 0 Å². The lowest BCUT2D eigenvalue weighted by atomic mass is 9.73. The Morgan fingerprint density at radius 3 is 2.50 bits per heavy atom. The Balaban J connectivity index is 1.92. The van der Waals surface area contributed by atoms with Crippen molar-refractivity contribution < 1.29 is 14.3 Å². The molecule has 3 nitrogen and oxygen atoms in total. The second kappa shape index (κ2) is 6.93. The van der Waals surface area contributed by atoms with Crippen LogP contribution in [-0.2, 0) is 14.3 Å². The van der Waals surface area contributed by atoms with Crippen molar-refractivity contribution in [2.24, 2.45) is 29.6 Å². The zero-order valence-corrected chi connectivity index (χ0v) is 13.4. The van der Waals surface area contributed by atoms with Crippen molar-refractivity contribution in [3.8, 4) is 0 Å². The Bertz CT molecular complexity index is 326. The Hall–Kier alpha value is -0.570. The summed E-state index contributed by atoms with van der Waals surface area (Å²) < 4.78 is 10.8. The molecule has 0 aliphatic heterocycles. The van der Waals surface area contributed by atoms with Gasteiger partial charge in [-0.25, -0.2) is 0 Å². The molecule has 2 aliphatic rings. The van der Waals surface area contributed by atoms with Crippen LogP contribution in [0.2, 0.25) is 0 Å². The topological polar surface area (TPSA) is 35.5 Å². The summed E-state index contributed by atoms with van der Waals surface area (Å²) in [7, 11) is 1.74. The van der Waals surface area contributed by atoms with Gasteiger partial charge in [-0.2, -0.15) is 0 Å².